The second kappa shape index (κ2) is 4.90. The number of aryl methyl sites for hydroxylation is 1. The molecule has 0 unspecified atom stereocenters. The molecule has 2 N–H and O–H groups in total. The van der Waals surface area contributed by atoms with Crippen LogP contribution in [0.1, 0.15) is 12.5 Å². The van der Waals surface area contributed by atoms with Crippen molar-refractivity contribution in [2.45, 2.75) is 19.9 Å². The van der Waals surface area contributed by atoms with Gasteiger partial charge in [-0.3, -0.25) is 9.67 Å². The summed E-state index contributed by atoms with van der Waals surface area (Å²) in [6.45, 7) is 3.57. The lowest BCUT2D eigenvalue weighted by Gasteiger charge is -1.98. The molecule has 2 rings (SSSR count). The Morgan fingerprint density at radius 2 is 2.25 bits per heavy atom. The predicted molar refractivity (Wildman–Crippen MR) is 63.9 cm³/mol. The van der Waals surface area contributed by atoms with Gasteiger partial charge in [0, 0.05) is 24.5 Å². The second-order valence-corrected chi connectivity index (χ2v) is 3.61. The van der Waals surface area contributed by atoms with Crippen LogP contribution in [-0.4, -0.2) is 21.3 Å². The molecule has 0 aliphatic heterocycles. The van der Waals surface area contributed by atoms with Crippen molar-refractivity contribution in [2.75, 3.05) is 6.54 Å². The zero-order chi connectivity index (χ0) is 11.4. The molecule has 0 saturated heterocycles. The monoisotopic (exact) mass is 216 g/mol. The van der Waals surface area contributed by atoms with Crippen LogP contribution in [0.2, 0.25) is 0 Å². The average molecular weight is 216 g/mol. The summed E-state index contributed by atoms with van der Waals surface area (Å²) < 4.78 is 1.93. The molecule has 0 radical (unpaired) electrons. The van der Waals surface area contributed by atoms with E-state index in [1.165, 1.54) is 5.56 Å². The van der Waals surface area contributed by atoms with Crippen LogP contribution in [0, 0.1) is 0 Å². The molecular formula is C12H16N4. The molecule has 0 bridgehead atoms. The number of aromatic nitrogens is 3. The van der Waals surface area contributed by atoms with Crippen LogP contribution in [0.4, 0.5) is 0 Å². The van der Waals surface area contributed by atoms with E-state index in [2.05, 4.69) is 23.2 Å². The molecule has 0 amide bonds. The summed E-state index contributed by atoms with van der Waals surface area (Å²) in [5.74, 6) is 0. The number of hydrogen-bond donors (Lipinski definition) is 1. The van der Waals surface area contributed by atoms with E-state index in [-0.39, 0.29) is 0 Å². The number of pyridine rings is 1. The lowest BCUT2D eigenvalue weighted by Crippen LogP contribution is -2.03. The van der Waals surface area contributed by atoms with Gasteiger partial charge in [-0.2, -0.15) is 5.10 Å². The lowest BCUT2D eigenvalue weighted by atomic mass is 10.1. The smallest absolute Gasteiger partial charge is 0.114 e. The van der Waals surface area contributed by atoms with E-state index < -0.39 is 0 Å². The van der Waals surface area contributed by atoms with Crippen molar-refractivity contribution in [1.29, 1.82) is 0 Å². The standard InChI is InChI=1S/C12H16N4/c1-2-16-9-10(6-7-13)12(15-16)11-5-3-4-8-14-11/h3-5,8-9H,2,6-7,13H2,1H3. The molecular weight excluding hydrogens is 200 g/mol. The summed E-state index contributed by atoms with van der Waals surface area (Å²) in [5.41, 5.74) is 8.64. The van der Waals surface area contributed by atoms with E-state index in [1.54, 1.807) is 6.20 Å². The Kier molecular flexibility index (Phi) is 3.31. The summed E-state index contributed by atoms with van der Waals surface area (Å²) in [5, 5.41) is 4.52. The fourth-order valence-corrected chi connectivity index (χ4v) is 1.68. The molecule has 2 aromatic rings. The zero-order valence-corrected chi connectivity index (χ0v) is 9.43. The van der Waals surface area contributed by atoms with Gasteiger partial charge in [0.15, 0.2) is 0 Å². The highest BCUT2D eigenvalue weighted by Crippen LogP contribution is 2.19. The largest absolute Gasteiger partial charge is 0.330 e. The number of rotatable bonds is 4. The Bertz CT molecular complexity index is 447. The fourth-order valence-electron chi connectivity index (χ4n) is 1.68. The molecule has 2 aromatic heterocycles. The molecule has 0 aliphatic rings. The maximum absolute atomic E-state index is 5.60. The van der Waals surface area contributed by atoms with E-state index in [4.69, 9.17) is 5.73 Å². The Hall–Kier alpha value is -1.68. The Labute approximate surface area is 95.1 Å². The Morgan fingerprint density at radius 3 is 2.88 bits per heavy atom. The topological polar surface area (TPSA) is 56.7 Å². The van der Waals surface area contributed by atoms with Crippen LogP contribution < -0.4 is 5.73 Å². The van der Waals surface area contributed by atoms with Crippen LogP contribution >= 0.6 is 0 Å². The highest BCUT2D eigenvalue weighted by Gasteiger charge is 2.10. The molecule has 0 aliphatic carbocycles. The summed E-state index contributed by atoms with van der Waals surface area (Å²) in [6.07, 6.45) is 4.68. The molecule has 0 spiro atoms. The van der Waals surface area contributed by atoms with Crippen LogP contribution in [0.5, 0.6) is 0 Å². The van der Waals surface area contributed by atoms with Gasteiger partial charge in [-0.25, -0.2) is 0 Å². The van der Waals surface area contributed by atoms with Gasteiger partial charge >= 0.3 is 0 Å². The van der Waals surface area contributed by atoms with Crippen LogP contribution in [0.3, 0.4) is 0 Å². The summed E-state index contributed by atoms with van der Waals surface area (Å²) >= 11 is 0. The molecule has 84 valence electrons. The highest BCUT2D eigenvalue weighted by atomic mass is 15.3. The minimum absolute atomic E-state index is 0.634. The molecule has 2 heterocycles. The predicted octanol–water partition coefficient (Wildman–Crippen LogP) is 1.47. The molecule has 0 fully saturated rings. The highest BCUT2D eigenvalue weighted by molar-refractivity contribution is 5.58. The first-order chi connectivity index (χ1) is 7.85. The normalized spacial score (nSPS) is 10.6. The van der Waals surface area contributed by atoms with E-state index in [9.17, 15) is 0 Å². The first-order valence-electron chi connectivity index (χ1n) is 5.53. The number of nitrogens with zero attached hydrogens (tertiary/aromatic N) is 3. The molecule has 0 atom stereocenters. The van der Waals surface area contributed by atoms with E-state index in [0.29, 0.717) is 6.54 Å². The number of hydrogen-bond acceptors (Lipinski definition) is 3. The van der Waals surface area contributed by atoms with Gasteiger partial charge in [-0.1, -0.05) is 6.07 Å². The third kappa shape index (κ3) is 2.12. The van der Waals surface area contributed by atoms with Gasteiger partial charge in [0.25, 0.3) is 0 Å². The van der Waals surface area contributed by atoms with Gasteiger partial charge in [0.05, 0.1) is 5.69 Å². The van der Waals surface area contributed by atoms with Crippen molar-refractivity contribution in [2.24, 2.45) is 5.73 Å². The van der Waals surface area contributed by atoms with Crippen LogP contribution in [-0.2, 0) is 13.0 Å². The van der Waals surface area contributed by atoms with Crippen LogP contribution in [0.15, 0.2) is 30.6 Å². The van der Waals surface area contributed by atoms with Crippen LogP contribution in [0.25, 0.3) is 11.4 Å². The molecule has 4 heteroatoms. The van der Waals surface area contributed by atoms with Crippen molar-refractivity contribution < 1.29 is 0 Å². The molecule has 16 heavy (non-hydrogen) atoms. The third-order valence-corrected chi connectivity index (χ3v) is 2.48. The minimum atomic E-state index is 0.634. The summed E-state index contributed by atoms with van der Waals surface area (Å²) in [4.78, 5) is 4.32. The van der Waals surface area contributed by atoms with E-state index in [0.717, 1.165) is 24.4 Å². The van der Waals surface area contributed by atoms with Gasteiger partial charge < -0.3 is 5.73 Å². The summed E-state index contributed by atoms with van der Waals surface area (Å²) in [7, 11) is 0. The van der Waals surface area contributed by atoms with E-state index in [1.807, 2.05) is 22.9 Å². The van der Waals surface area contributed by atoms with Gasteiger partial charge in [0.1, 0.15) is 5.69 Å². The quantitative estimate of drug-likeness (QED) is 0.842. The number of nitrogens with two attached hydrogens (primary N) is 1. The second-order valence-electron chi connectivity index (χ2n) is 3.61. The van der Waals surface area contributed by atoms with Gasteiger partial charge in [-0.15, -0.1) is 0 Å². The zero-order valence-electron chi connectivity index (χ0n) is 9.43. The van der Waals surface area contributed by atoms with Crippen molar-refractivity contribution in [1.82, 2.24) is 14.8 Å². The first kappa shape index (κ1) is 10.8. The van der Waals surface area contributed by atoms with Crippen molar-refractivity contribution in [3.63, 3.8) is 0 Å². The molecule has 4 nitrogen and oxygen atoms in total. The molecule has 0 aromatic carbocycles. The maximum atomic E-state index is 5.60. The molecule has 0 saturated carbocycles. The summed E-state index contributed by atoms with van der Waals surface area (Å²) in [6, 6.07) is 5.85. The Balaban J connectivity index is 2.42. The van der Waals surface area contributed by atoms with Crippen molar-refractivity contribution in [3.05, 3.63) is 36.2 Å². The van der Waals surface area contributed by atoms with Gasteiger partial charge in [0.2, 0.25) is 0 Å². The first-order valence-corrected chi connectivity index (χ1v) is 5.53. The Morgan fingerprint density at radius 1 is 1.38 bits per heavy atom. The van der Waals surface area contributed by atoms with Crippen molar-refractivity contribution in [3.8, 4) is 11.4 Å². The van der Waals surface area contributed by atoms with E-state index >= 15 is 0 Å². The third-order valence-electron chi connectivity index (χ3n) is 2.48. The minimum Gasteiger partial charge on any atom is -0.330 e. The SMILES string of the molecule is CCn1cc(CCN)c(-c2ccccn2)n1. The lowest BCUT2D eigenvalue weighted by molar-refractivity contribution is 0.660. The van der Waals surface area contributed by atoms with Gasteiger partial charge in [-0.05, 0) is 32.0 Å². The van der Waals surface area contributed by atoms with Crippen molar-refractivity contribution >= 4 is 0 Å². The maximum Gasteiger partial charge on any atom is 0.114 e. The fraction of sp³-hybridized carbons (Fsp3) is 0.333. The average Bonchev–Trinajstić information content (AvgIpc) is 2.74.